The highest BCUT2D eigenvalue weighted by atomic mass is 32.2. The van der Waals surface area contributed by atoms with Crippen molar-refractivity contribution in [2.24, 2.45) is 0 Å². The molecule has 14 heteroatoms. The number of hydrogen-bond acceptors (Lipinski definition) is 7. The molecule has 0 radical (unpaired) electrons. The zero-order valence-electron chi connectivity index (χ0n) is 18.3. The highest BCUT2D eigenvalue weighted by Crippen LogP contribution is 2.14. The van der Waals surface area contributed by atoms with E-state index < -0.39 is 22.2 Å². The Morgan fingerprint density at radius 3 is 2.12 bits per heavy atom. The summed E-state index contributed by atoms with van der Waals surface area (Å²) in [7, 11) is -0.284. The molecule has 2 N–H and O–H groups in total. The van der Waals surface area contributed by atoms with Crippen molar-refractivity contribution < 1.29 is 45.8 Å². The van der Waals surface area contributed by atoms with Gasteiger partial charge < -0.3 is 24.8 Å². The number of carbonyl (C=O) groups excluding carboxylic acids is 1. The van der Waals surface area contributed by atoms with Crippen molar-refractivity contribution in [1.82, 2.24) is 14.5 Å². The van der Waals surface area contributed by atoms with Crippen molar-refractivity contribution >= 4 is 21.9 Å². The Morgan fingerprint density at radius 2 is 1.67 bits per heavy atom. The normalized spacial score (nSPS) is 14.7. The number of carboxylic acids is 1. The van der Waals surface area contributed by atoms with Crippen LogP contribution in [-0.2, 0) is 19.6 Å². The summed E-state index contributed by atoms with van der Waals surface area (Å²) in [5.74, 6) is -2.42. The summed E-state index contributed by atoms with van der Waals surface area (Å²) < 4.78 is 68.4. The zero-order valence-corrected chi connectivity index (χ0v) is 19.1. The average molecular weight is 500 g/mol. The number of nitrogens with one attached hydrogen (secondary N) is 1. The average Bonchev–Trinajstić information content (AvgIpc) is 2.79. The van der Waals surface area contributed by atoms with Crippen molar-refractivity contribution in [2.45, 2.75) is 6.18 Å². The molecule has 1 amide bonds. The van der Waals surface area contributed by atoms with E-state index in [1.54, 1.807) is 38.5 Å². The lowest BCUT2D eigenvalue weighted by molar-refractivity contribution is -0.192. The number of methoxy groups -OCH3 is 2. The first-order chi connectivity index (χ1) is 15.4. The van der Waals surface area contributed by atoms with Gasteiger partial charge in [-0.05, 0) is 24.3 Å². The summed E-state index contributed by atoms with van der Waals surface area (Å²) in [5, 5.41) is 10.3. The van der Waals surface area contributed by atoms with E-state index in [1.807, 2.05) is 0 Å². The lowest BCUT2D eigenvalue weighted by Gasteiger charge is -2.28. The van der Waals surface area contributed by atoms with Gasteiger partial charge in [-0.1, -0.05) is 0 Å². The molecule has 2 rings (SSSR count). The molecule has 188 valence electrons. The van der Waals surface area contributed by atoms with Crippen LogP contribution in [0.25, 0.3) is 0 Å². The van der Waals surface area contributed by atoms with Gasteiger partial charge in [0.05, 0.1) is 19.5 Å². The van der Waals surface area contributed by atoms with Crippen LogP contribution < -0.4 is 10.1 Å². The van der Waals surface area contributed by atoms with E-state index in [4.69, 9.17) is 19.4 Å². The van der Waals surface area contributed by atoms with Crippen molar-refractivity contribution in [3.8, 4) is 5.75 Å². The molecule has 1 aliphatic rings. The molecule has 1 heterocycles. The van der Waals surface area contributed by atoms with Crippen molar-refractivity contribution in [2.75, 3.05) is 65.8 Å². The van der Waals surface area contributed by atoms with Crippen molar-refractivity contribution in [3.05, 3.63) is 29.8 Å². The Bertz CT molecular complexity index is 858. The summed E-state index contributed by atoms with van der Waals surface area (Å²) in [5.41, 5.74) is 0.487. The summed E-state index contributed by atoms with van der Waals surface area (Å²) in [6.45, 7) is 3.03. The molecule has 33 heavy (non-hydrogen) atoms. The number of aliphatic carboxylic acids is 1. The number of piperazine rings is 1. The maximum Gasteiger partial charge on any atom is 0.490 e. The lowest BCUT2D eigenvalue weighted by Crippen LogP contribution is -2.48. The maximum atomic E-state index is 12.8. The molecule has 1 saturated heterocycles. The number of ether oxygens (including phenoxy) is 2. The summed E-state index contributed by atoms with van der Waals surface area (Å²) >= 11 is 0. The fourth-order valence-electron chi connectivity index (χ4n) is 2.71. The number of rotatable bonds is 9. The first-order valence-electron chi connectivity index (χ1n) is 9.83. The molecule has 0 saturated carbocycles. The number of amides is 1. The monoisotopic (exact) mass is 499 g/mol. The van der Waals surface area contributed by atoms with Gasteiger partial charge in [0.2, 0.25) is 10.0 Å². The van der Waals surface area contributed by atoms with Gasteiger partial charge in [-0.25, -0.2) is 13.2 Å². The second kappa shape index (κ2) is 13.3. The number of carbonyl (C=O) groups is 2. The highest BCUT2D eigenvalue weighted by Gasteiger charge is 2.38. The largest absolute Gasteiger partial charge is 0.497 e. The number of benzene rings is 1. The first-order valence-corrected chi connectivity index (χ1v) is 11.4. The van der Waals surface area contributed by atoms with Gasteiger partial charge >= 0.3 is 12.1 Å². The topological polar surface area (TPSA) is 125 Å². The smallest absolute Gasteiger partial charge is 0.490 e. The van der Waals surface area contributed by atoms with Crippen LogP contribution in [0.15, 0.2) is 24.3 Å². The third-order valence-electron chi connectivity index (χ3n) is 4.52. The van der Waals surface area contributed by atoms with Crippen LogP contribution in [0.2, 0.25) is 0 Å². The van der Waals surface area contributed by atoms with E-state index in [0.717, 1.165) is 0 Å². The Hall–Kier alpha value is -2.42. The fourth-order valence-corrected chi connectivity index (χ4v) is 4.16. The molecule has 0 unspecified atom stereocenters. The first kappa shape index (κ1) is 28.6. The Balaban J connectivity index is 0.000000675. The van der Waals surface area contributed by atoms with Gasteiger partial charge in [-0.3, -0.25) is 4.79 Å². The minimum atomic E-state index is -5.08. The van der Waals surface area contributed by atoms with Crippen molar-refractivity contribution in [1.29, 1.82) is 0 Å². The molecule has 1 aromatic rings. The number of sulfonamides is 1. The molecule has 0 aromatic heterocycles. The predicted molar refractivity (Wildman–Crippen MR) is 113 cm³/mol. The minimum Gasteiger partial charge on any atom is -0.497 e. The van der Waals surface area contributed by atoms with Crippen molar-refractivity contribution in [3.63, 3.8) is 0 Å². The summed E-state index contributed by atoms with van der Waals surface area (Å²) in [6, 6.07) is 6.76. The molecule has 0 atom stereocenters. The molecular weight excluding hydrogens is 471 g/mol. The Kier molecular flexibility index (Phi) is 11.6. The minimum absolute atomic E-state index is 0.0986. The summed E-state index contributed by atoms with van der Waals surface area (Å²) in [4.78, 5) is 23.2. The van der Waals surface area contributed by atoms with Crippen LogP contribution in [0, 0.1) is 0 Å². The number of alkyl halides is 3. The molecule has 1 fully saturated rings. The number of halogens is 3. The Labute approximate surface area is 190 Å². The molecule has 0 bridgehead atoms. The van der Waals surface area contributed by atoms with E-state index >= 15 is 0 Å². The van der Waals surface area contributed by atoms with Gasteiger partial charge in [-0.2, -0.15) is 17.5 Å². The third-order valence-corrected chi connectivity index (χ3v) is 6.37. The van der Waals surface area contributed by atoms with Gasteiger partial charge in [0.25, 0.3) is 5.91 Å². The van der Waals surface area contributed by atoms with Gasteiger partial charge in [-0.15, -0.1) is 0 Å². The van der Waals surface area contributed by atoms with E-state index in [-0.39, 0.29) is 18.2 Å². The van der Waals surface area contributed by atoms with Gasteiger partial charge in [0.15, 0.2) is 0 Å². The standard InChI is InChI=1S/C17H27N3O5S.C2HF3O2/c1-24-13-11-19(17(21)15-3-5-16(25-2)6-4-15)12-14-26(22,23)20-9-7-18-8-10-20;3-2(4,5)1(6)7/h3-6,18H,7-14H2,1-2H3;(H,6,7). The van der Waals surface area contributed by atoms with Crippen LogP contribution in [0.5, 0.6) is 5.75 Å². The predicted octanol–water partition coefficient (Wildman–Crippen LogP) is 0.652. The van der Waals surface area contributed by atoms with Crippen LogP contribution in [0.3, 0.4) is 0 Å². The number of nitrogens with zero attached hydrogens (tertiary/aromatic N) is 2. The van der Waals surface area contributed by atoms with Crippen LogP contribution in [0.4, 0.5) is 13.2 Å². The number of hydrogen-bond donors (Lipinski definition) is 2. The van der Waals surface area contributed by atoms with Crippen LogP contribution in [0.1, 0.15) is 10.4 Å². The SMILES string of the molecule is COCCN(CCS(=O)(=O)N1CCNCC1)C(=O)c1ccc(OC)cc1.O=C(O)C(F)(F)F. The van der Waals surface area contributed by atoms with E-state index in [9.17, 15) is 26.4 Å². The zero-order chi connectivity index (χ0) is 25.1. The molecule has 1 aliphatic heterocycles. The van der Waals surface area contributed by atoms with E-state index in [0.29, 0.717) is 50.6 Å². The second-order valence-electron chi connectivity index (χ2n) is 6.78. The highest BCUT2D eigenvalue weighted by molar-refractivity contribution is 7.89. The lowest BCUT2D eigenvalue weighted by atomic mass is 10.2. The van der Waals surface area contributed by atoms with E-state index in [2.05, 4.69) is 5.32 Å². The Morgan fingerprint density at radius 1 is 1.12 bits per heavy atom. The van der Waals surface area contributed by atoms with Crippen LogP contribution in [-0.4, -0.2) is 107 Å². The molecule has 0 spiro atoms. The van der Waals surface area contributed by atoms with E-state index in [1.165, 1.54) is 9.21 Å². The quantitative estimate of drug-likeness (QED) is 0.508. The third kappa shape index (κ3) is 9.94. The number of carboxylic acid groups (broad SMARTS) is 1. The summed E-state index contributed by atoms with van der Waals surface area (Å²) in [6.07, 6.45) is -5.08. The molecular formula is C19H28F3N3O7S. The fraction of sp³-hybridized carbons (Fsp3) is 0.579. The maximum absolute atomic E-state index is 12.8. The molecule has 10 nitrogen and oxygen atoms in total. The molecule has 0 aliphatic carbocycles. The van der Waals surface area contributed by atoms with Gasteiger partial charge in [0, 0.05) is 51.9 Å². The second-order valence-corrected chi connectivity index (χ2v) is 8.87. The van der Waals surface area contributed by atoms with Gasteiger partial charge in [0.1, 0.15) is 5.75 Å². The van der Waals surface area contributed by atoms with Crippen LogP contribution >= 0.6 is 0 Å². The molecule has 1 aromatic carbocycles.